The van der Waals surface area contributed by atoms with Gasteiger partial charge in [-0.1, -0.05) is 12.1 Å². The Labute approximate surface area is 106 Å². The number of benzene rings is 1. The Bertz CT molecular complexity index is 432. The third-order valence-electron chi connectivity index (χ3n) is 2.72. The highest BCUT2D eigenvalue weighted by Crippen LogP contribution is 2.35. The van der Waals surface area contributed by atoms with Crippen LogP contribution in [0.4, 0.5) is 0 Å². The molecule has 0 aliphatic carbocycles. The lowest BCUT2D eigenvalue weighted by atomic mass is 10.1. The number of rotatable bonds is 5. The number of carbonyl (C=O) groups excluding carboxylic acids is 1. The van der Waals surface area contributed by atoms with E-state index in [9.17, 15) is 4.79 Å². The number of nitrogens with one attached hydrogen (secondary N) is 1. The van der Waals surface area contributed by atoms with E-state index in [0.717, 1.165) is 17.1 Å². The molecule has 2 rings (SSSR count). The van der Waals surface area contributed by atoms with E-state index in [2.05, 4.69) is 5.32 Å². The molecule has 0 aromatic heterocycles. The van der Waals surface area contributed by atoms with Crippen LogP contribution in [-0.4, -0.2) is 25.3 Å². The molecule has 0 saturated heterocycles. The second-order valence-electron chi connectivity index (χ2n) is 4.43. The molecule has 1 amide bonds. The summed E-state index contributed by atoms with van der Waals surface area (Å²) in [5, 5.41) is 2.78. The first-order valence-electron chi connectivity index (χ1n) is 6.06. The first-order valence-corrected chi connectivity index (χ1v) is 6.06. The molecule has 1 aliphatic rings. The fraction of sp³-hybridized carbons (Fsp3) is 0.462. The number of ether oxygens (including phenoxy) is 2. The van der Waals surface area contributed by atoms with Crippen molar-refractivity contribution in [3.63, 3.8) is 0 Å². The highest BCUT2D eigenvalue weighted by Gasteiger charge is 2.17. The van der Waals surface area contributed by atoms with Gasteiger partial charge in [0.1, 0.15) is 0 Å². The van der Waals surface area contributed by atoms with E-state index >= 15 is 0 Å². The average molecular weight is 250 g/mol. The molecule has 98 valence electrons. The second-order valence-corrected chi connectivity index (χ2v) is 4.43. The van der Waals surface area contributed by atoms with Crippen molar-refractivity contribution >= 4 is 5.91 Å². The van der Waals surface area contributed by atoms with Crippen LogP contribution in [0.1, 0.15) is 18.9 Å². The monoisotopic (exact) mass is 250 g/mol. The number of amides is 1. The minimum atomic E-state index is -0.0216. The summed E-state index contributed by atoms with van der Waals surface area (Å²) in [6.07, 6.45) is 1.06. The maximum absolute atomic E-state index is 11.6. The number of aryl methyl sites for hydroxylation is 1. The predicted molar refractivity (Wildman–Crippen MR) is 67.5 cm³/mol. The standard InChI is InChI=1S/C13H18N2O3/c1-9(14)7-15-12(16)6-5-10-3-2-4-11-13(10)18-8-17-11/h2-4,9H,5-8,14H2,1H3,(H,15,16). The molecule has 1 atom stereocenters. The van der Waals surface area contributed by atoms with Gasteiger partial charge >= 0.3 is 0 Å². The maximum Gasteiger partial charge on any atom is 0.231 e. The molecule has 5 heteroatoms. The van der Waals surface area contributed by atoms with Gasteiger partial charge in [-0.3, -0.25) is 4.79 Å². The summed E-state index contributed by atoms with van der Waals surface area (Å²) in [6.45, 7) is 2.62. The zero-order chi connectivity index (χ0) is 13.0. The van der Waals surface area contributed by atoms with Crippen molar-refractivity contribution in [3.05, 3.63) is 23.8 Å². The number of fused-ring (bicyclic) bond motifs is 1. The summed E-state index contributed by atoms with van der Waals surface area (Å²) < 4.78 is 10.7. The first kappa shape index (κ1) is 12.7. The van der Waals surface area contributed by atoms with Crippen molar-refractivity contribution in [2.24, 2.45) is 5.73 Å². The van der Waals surface area contributed by atoms with E-state index in [4.69, 9.17) is 15.2 Å². The van der Waals surface area contributed by atoms with Crippen molar-refractivity contribution in [2.45, 2.75) is 25.8 Å². The predicted octanol–water partition coefficient (Wildman–Crippen LogP) is 0.811. The number of hydrogen-bond acceptors (Lipinski definition) is 4. The molecule has 1 unspecified atom stereocenters. The summed E-state index contributed by atoms with van der Waals surface area (Å²) in [6, 6.07) is 5.70. The third kappa shape index (κ3) is 3.13. The molecule has 1 aromatic carbocycles. The molecule has 0 spiro atoms. The van der Waals surface area contributed by atoms with Crippen LogP contribution in [0.15, 0.2) is 18.2 Å². The van der Waals surface area contributed by atoms with Gasteiger partial charge in [0, 0.05) is 19.0 Å². The van der Waals surface area contributed by atoms with Gasteiger partial charge in [-0.05, 0) is 25.0 Å². The molecule has 1 aromatic rings. The van der Waals surface area contributed by atoms with Crippen molar-refractivity contribution < 1.29 is 14.3 Å². The molecule has 1 aliphatic heterocycles. The highest BCUT2D eigenvalue weighted by molar-refractivity contribution is 5.76. The van der Waals surface area contributed by atoms with E-state index in [-0.39, 0.29) is 18.7 Å². The molecule has 0 saturated carbocycles. The van der Waals surface area contributed by atoms with Gasteiger partial charge in [0.05, 0.1) is 0 Å². The van der Waals surface area contributed by atoms with Crippen molar-refractivity contribution in [2.75, 3.05) is 13.3 Å². The molecular weight excluding hydrogens is 232 g/mol. The molecule has 0 bridgehead atoms. The number of carbonyl (C=O) groups is 1. The summed E-state index contributed by atoms with van der Waals surface area (Å²) >= 11 is 0. The van der Waals surface area contributed by atoms with Gasteiger partial charge in [-0.2, -0.15) is 0 Å². The Morgan fingerprint density at radius 1 is 1.50 bits per heavy atom. The lowest BCUT2D eigenvalue weighted by molar-refractivity contribution is -0.121. The second kappa shape index (κ2) is 5.73. The summed E-state index contributed by atoms with van der Waals surface area (Å²) in [4.78, 5) is 11.6. The van der Waals surface area contributed by atoms with E-state index in [1.165, 1.54) is 0 Å². The van der Waals surface area contributed by atoms with Gasteiger partial charge in [0.25, 0.3) is 0 Å². The summed E-state index contributed by atoms with van der Waals surface area (Å²) in [5.74, 6) is 1.52. The lowest BCUT2D eigenvalue weighted by Gasteiger charge is -2.08. The normalized spacial score (nSPS) is 14.3. The van der Waals surface area contributed by atoms with Crippen LogP contribution < -0.4 is 20.5 Å². The first-order chi connectivity index (χ1) is 8.66. The van der Waals surface area contributed by atoms with Crippen molar-refractivity contribution in [3.8, 4) is 11.5 Å². The highest BCUT2D eigenvalue weighted by atomic mass is 16.7. The zero-order valence-electron chi connectivity index (χ0n) is 10.4. The Kier molecular flexibility index (Phi) is 4.04. The molecule has 0 radical (unpaired) electrons. The molecule has 5 nitrogen and oxygen atoms in total. The molecule has 1 heterocycles. The zero-order valence-corrected chi connectivity index (χ0v) is 10.4. The van der Waals surface area contributed by atoms with Crippen LogP contribution in [-0.2, 0) is 11.2 Å². The molecule has 18 heavy (non-hydrogen) atoms. The minimum Gasteiger partial charge on any atom is -0.454 e. The van der Waals surface area contributed by atoms with Gasteiger partial charge in [-0.25, -0.2) is 0 Å². The minimum absolute atomic E-state index is 0.00354. The largest absolute Gasteiger partial charge is 0.454 e. The Balaban J connectivity index is 1.87. The van der Waals surface area contributed by atoms with Crippen LogP contribution in [0.3, 0.4) is 0 Å². The van der Waals surface area contributed by atoms with E-state index < -0.39 is 0 Å². The van der Waals surface area contributed by atoms with Crippen molar-refractivity contribution in [1.29, 1.82) is 0 Å². The fourth-order valence-electron chi connectivity index (χ4n) is 1.80. The van der Waals surface area contributed by atoms with Crippen LogP contribution in [0, 0.1) is 0 Å². The lowest BCUT2D eigenvalue weighted by Crippen LogP contribution is -2.35. The Hall–Kier alpha value is -1.75. The SMILES string of the molecule is CC(N)CNC(=O)CCc1cccc2c1OCO2. The fourth-order valence-corrected chi connectivity index (χ4v) is 1.80. The van der Waals surface area contributed by atoms with Crippen LogP contribution in [0.5, 0.6) is 11.5 Å². The van der Waals surface area contributed by atoms with Gasteiger partial charge < -0.3 is 20.5 Å². The maximum atomic E-state index is 11.6. The Morgan fingerprint density at radius 2 is 2.33 bits per heavy atom. The molecule has 3 N–H and O–H groups in total. The number of hydrogen-bond donors (Lipinski definition) is 2. The van der Waals surface area contributed by atoms with Gasteiger partial charge in [-0.15, -0.1) is 0 Å². The van der Waals surface area contributed by atoms with E-state index in [1.807, 2.05) is 25.1 Å². The third-order valence-corrected chi connectivity index (χ3v) is 2.72. The van der Waals surface area contributed by atoms with Gasteiger partial charge in [0.2, 0.25) is 12.7 Å². The van der Waals surface area contributed by atoms with Crippen LogP contribution >= 0.6 is 0 Å². The smallest absolute Gasteiger partial charge is 0.231 e. The molecule has 0 fully saturated rings. The quantitative estimate of drug-likeness (QED) is 0.811. The topological polar surface area (TPSA) is 73.6 Å². The summed E-state index contributed by atoms with van der Waals surface area (Å²) in [5.41, 5.74) is 6.57. The van der Waals surface area contributed by atoms with E-state index in [0.29, 0.717) is 19.4 Å². The van der Waals surface area contributed by atoms with Crippen LogP contribution in [0.2, 0.25) is 0 Å². The van der Waals surface area contributed by atoms with Gasteiger partial charge in [0.15, 0.2) is 11.5 Å². The number of nitrogens with two attached hydrogens (primary N) is 1. The van der Waals surface area contributed by atoms with Crippen molar-refractivity contribution in [1.82, 2.24) is 5.32 Å². The average Bonchev–Trinajstić information content (AvgIpc) is 2.82. The molecular formula is C13H18N2O3. The van der Waals surface area contributed by atoms with E-state index in [1.54, 1.807) is 0 Å². The Morgan fingerprint density at radius 3 is 3.11 bits per heavy atom. The number of para-hydroxylation sites is 1. The summed E-state index contributed by atoms with van der Waals surface area (Å²) in [7, 11) is 0. The van der Waals surface area contributed by atoms with Crippen LogP contribution in [0.25, 0.3) is 0 Å².